The van der Waals surface area contributed by atoms with Gasteiger partial charge in [0.05, 0.1) is 6.33 Å². The Morgan fingerprint density at radius 2 is 2.16 bits per heavy atom. The van der Waals surface area contributed by atoms with E-state index in [-0.39, 0.29) is 0 Å². The molecule has 0 aliphatic carbocycles. The number of carbonyl (C=O) groups is 1. The molecule has 0 radical (unpaired) electrons. The number of H-pyrrole nitrogens is 1. The molecule has 7 nitrogen and oxygen atoms in total. The number of hydrogen-bond donors (Lipinski definition) is 3. The van der Waals surface area contributed by atoms with Gasteiger partial charge in [0.15, 0.2) is 0 Å². The Morgan fingerprint density at radius 3 is 2.74 bits per heavy atom. The fourth-order valence-corrected chi connectivity index (χ4v) is 1.61. The maximum atomic E-state index is 11.2. The Hall–Kier alpha value is -2.28. The van der Waals surface area contributed by atoms with Crippen molar-refractivity contribution in [3.8, 4) is 0 Å². The fraction of sp³-hybridized carbons (Fsp3) is 0.333. The number of carboxylic acids is 1. The molecule has 7 heteroatoms. The minimum absolute atomic E-state index is 0.349. The summed E-state index contributed by atoms with van der Waals surface area (Å²) in [5.74, 6) is -0.210. The maximum Gasteiger partial charge on any atom is 0.321 e. The van der Waals surface area contributed by atoms with E-state index in [4.69, 9.17) is 5.11 Å². The van der Waals surface area contributed by atoms with Crippen LogP contribution in [-0.2, 0) is 17.8 Å². The Bertz CT molecular complexity index is 524. The number of nitrogens with zero attached hydrogens (tertiary/aromatic N) is 3. The van der Waals surface area contributed by atoms with Gasteiger partial charge in [-0.15, -0.1) is 0 Å². The van der Waals surface area contributed by atoms with Crippen LogP contribution in [0.5, 0.6) is 0 Å². The Balaban J connectivity index is 1.93. The van der Waals surface area contributed by atoms with E-state index in [9.17, 15) is 4.79 Å². The first kappa shape index (κ1) is 13.2. The number of carboxylic acid groups (broad SMARTS) is 1. The topological polar surface area (TPSA) is 104 Å². The van der Waals surface area contributed by atoms with Gasteiger partial charge in [0.1, 0.15) is 11.9 Å². The average Bonchev–Trinajstić information content (AvgIpc) is 2.89. The molecule has 0 saturated carbocycles. The Kier molecular flexibility index (Phi) is 4.19. The second-order valence-electron chi connectivity index (χ2n) is 4.19. The predicted octanol–water partition coefficient (Wildman–Crippen LogP) is 0.294. The van der Waals surface area contributed by atoms with E-state index >= 15 is 0 Å². The molecule has 19 heavy (non-hydrogen) atoms. The molecule has 100 valence electrons. The van der Waals surface area contributed by atoms with Crippen LogP contribution >= 0.6 is 0 Å². The molecule has 3 N–H and O–H groups in total. The van der Waals surface area contributed by atoms with Crippen molar-refractivity contribution in [3.63, 3.8) is 0 Å². The summed E-state index contributed by atoms with van der Waals surface area (Å²) in [6.45, 7) is 2.21. The molecule has 2 aromatic heterocycles. The first-order chi connectivity index (χ1) is 9.15. The summed E-state index contributed by atoms with van der Waals surface area (Å²) < 4.78 is 0. The Morgan fingerprint density at radius 1 is 1.42 bits per heavy atom. The molecule has 0 unspecified atom stereocenters. The van der Waals surface area contributed by atoms with Gasteiger partial charge in [-0.25, -0.2) is 15.0 Å². The molecule has 0 bridgehead atoms. The molecular formula is C12H15N5O2. The highest BCUT2D eigenvalue weighted by Crippen LogP contribution is 2.01. The van der Waals surface area contributed by atoms with Crippen molar-refractivity contribution in [2.24, 2.45) is 0 Å². The number of rotatable bonds is 6. The van der Waals surface area contributed by atoms with Crippen molar-refractivity contribution >= 4 is 5.97 Å². The summed E-state index contributed by atoms with van der Waals surface area (Å²) in [4.78, 5) is 26.1. The van der Waals surface area contributed by atoms with Gasteiger partial charge in [0, 0.05) is 42.8 Å². The standard InChI is InChI=1S/C12H15N5O2/c1-8-14-3-9(4-15-8)5-16-11(12(18)19)2-10-6-13-7-17-10/h3-4,6-7,11,16H,2,5H2,1H3,(H,13,17)(H,18,19)/t11-/m1/s1. The van der Waals surface area contributed by atoms with Crippen LogP contribution in [0.25, 0.3) is 0 Å². The van der Waals surface area contributed by atoms with Gasteiger partial charge < -0.3 is 10.1 Å². The molecule has 0 aromatic carbocycles. The number of aromatic amines is 1. The summed E-state index contributed by atoms with van der Waals surface area (Å²) in [5, 5.41) is 12.1. The van der Waals surface area contributed by atoms with Crippen molar-refractivity contribution < 1.29 is 9.90 Å². The molecule has 0 spiro atoms. The number of hydrogen-bond acceptors (Lipinski definition) is 5. The molecular weight excluding hydrogens is 246 g/mol. The third-order valence-electron chi connectivity index (χ3n) is 2.66. The second kappa shape index (κ2) is 6.05. The van der Waals surface area contributed by atoms with Gasteiger partial charge in [-0.1, -0.05) is 0 Å². The van der Waals surface area contributed by atoms with Crippen LogP contribution in [0.3, 0.4) is 0 Å². The lowest BCUT2D eigenvalue weighted by Crippen LogP contribution is -2.38. The largest absolute Gasteiger partial charge is 0.480 e. The van der Waals surface area contributed by atoms with Crippen molar-refractivity contribution in [3.05, 3.63) is 42.0 Å². The smallest absolute Gasteiger partial charge is 0.321 e. The highest BCUT2D eigenvalue weighted by Gasteiger charge is 2.17. The maximum absolute atomic E-state index is 11.2. The van der Waals surface area contributed by atoms with Crippen molar-refractivity contribution in [1.82, 2.24) is 25.3 Å². The number of aliphatic carboxylic acids is 1. The van der Waals surface area contributed by atoms with Crippen molar-refractivity contribution in [1.29, 1.82) is 0 Å². The zero-order valence-corrected chi connectivity index (χ0v) is 10.5. The number of aromatic nitrogens is 4. The highest BCUT2D eigenvalue weighted by molar-refractivity contribution is 5.73. The first-order valence-electron chi connectivity index (χ1n) is 5.86. The second-order valence-corrected chi connectivity index (χ2v) is 4.19. The summed E-state index contributed by atoms with van der Waals surface area (Å²) >= 11 is 0. The van der Waals surface area contributed by atoms with E-state index in [0.717, 1.165) is 11.3 Å². The van der Waals surface area contributed by atoms with E-state index in [1.165, 1.54) is 6.33 Å². The lowest BCUT2D eigenvalue weighted by atomic mass is 10.1. The van der Waals surface area contributed by atoms with E-state index < -0.39 is 12.0 Å². The molecule has 2 heterocycles. The molecule has 2 rings (SSSR count). The summed E-state index contributed by atoms with van der Waals surface area (Å²) in [6, 6.07) is -0.679. The zero-order chi connectivity index (χ0) is 13.7. The number of imidazole rings is 1. The van der Waals surface area contributed by atoms with Gasteiger partial charge >= 0.3 is 5.97 Å². The van der Waals surface area contributed by atoms with E-state index in [1.807, 2.05) is 0 Å². The van der Waals surface area contributed by atoms with E-state index in [2.05, 4.69) is 25.3 Å². The zero-order valence-electron chi connectivity index (χ0n) is 10.5. The van der Waals surface area contributed by atoms with Gasteiger partial charge in [-0.2, -0.15) is 0 Å². The minimum Gasteiger partial charge on any atom is -0.480 e. The normalized spacial score (nSPS) is 12.3. The van der Waals surface area contributed by atoms with Crippen LogP contribution in [0, 0.1) is 6.92 Å². The van der Waals surface area contributed by atoms with Gasteiger partial charge in [-0.3, -0.25) is 10.1 Å². The van der Waals surface area contributed by atoms with Gasteiger partial charge in [0.25, 0.3) is 0 Å². The van der Waals surface area contributed by atoms with E-state index in [0.29, 0.717) is 18.8 Å². The predicted molar refractivity (Wildman–Crippen MR) is 67.3 cm³/mol. The summed E-state index contributed by atoms with van der Waals surface area (Å²) in [5.41, 5.74) is 1.63. The lowest BCUT2D eigenvalue weighted by molar-refractivity contribution is -0.139. The summed E-state index contributed by atoms with van der Waals surface area (Å²) in [6.07, 6.45) is 6.87. The van der Waals surface area contributed by atoms with Crippen molar-refractivity contribution in [2.45, 2.75) is 25.9 Å². The molecule has 0 amide bonds. The van der Waals surface area contributed by atoms with Crippen LogP contribution in [-0.4, -0.2) is 37.1 Å². The number of nitrogens with one attached hydrogen (secondary N) is 2. The van der Waals surface area contributed by atoms with Gasteiger partial charge in [0.2, 0.25) is 0 Å². The van der Waals surface area contributed by atoms with Gasteiger partial charge in [-0.05, 0) is 6.92 Å². The molecule has 2 aromatic rings. The fourth-order valence-electron chi connectivity index (χ4n) is 1.61. The molecule has 0 saturated heterocycles. The number of aryl methyl sites for hydroxylation is 1. The van der Waals surface area contributed by atoms with Crippen LogP contribution in [0.4, 0.5) is 0 Å². The average molecular weight is 261 g/mol. The summed E-state index contributed by atoms with van der Waals surface area (Å²) in [7, 11) is 0. The highest BCUT2D eigenvalue weighted by atomic mass is 16.4. The molecule has 0 fully saturated rings. The SMILES string of the molecule is Cc1ncc(CN[C@H](Cc2cnc[nH]2)C(=O)O)cn1. The molecule has 1 atom stereocenters. The van der Waals surface area contributed by atoms with E-state index in [1.54, 1.807) is 25.5 Å². The van der Waals surface area contributed by atoms with Crippen LogP contribution in [0.2, 0.25) is 0 Å². The third kappa shape index (κ3) is 3.85. The third-order valence-corrected chi connectivity index (χ3v) is 2.66. The minimum atomic E-state index is -0.900. The quantitative estimate of drug-likeness (QED) is 0.690. The van der Waals surface area contributed by atoms with Crippen LogP contribution in [0.1, 0.15) is 17.1 Å². The Labute approximate surface area is 110 Å². The first-order valence-corrected chi connectivity index (χ1v) is 5.86. The monoisotopic (exact) mass is 261 g/mol. The van der Waals surface area contributed by atoms with Crippen LogP contribution < -0.4 is 5.32 Å². The van der Waals surface area contributed by atoms with Crippen molar-refractivity contribution in [2.75, 3.05) is 0 Å². The van der Waals surface area contributed by atoms with Crippen LogP contribution in [0.15, 0.2) is 24.9 Å². The molecule has 0 aliphatic heterocycles. The molecule has 0 aliphatic rings. The lowest BCUT2D eigenvalue weighted by Gasteiger charge is -2.13.